The molecule has 0 fully saturated rings. The summed E-state index contributed by atoms with van der Waals surface area (Å²) in [6.45, 7) is 0.557. The lowest BCUT2D eigenvalue weighted by Crippen LogP contribution is -2.33. The topological polar surface area (TPSA) is 172 Å². The zero-order chi connectivity index (χ0) is 28.0. The molecule has 14 heteroatoms. The average molecular weight is 555 g/mol. The molecule has 4 N–H and O–H groups in total. The Morgan fingerprint density at radius 1 is 1.21 bits per heavy atom. The average Bonchev–Trinajstić information content (AvgIpc) is 3.37. The van der Waals surface area contributed by atoms with Crippen LogP contribution < -0.4 is 11.1 Å². The van der Waals surface area contributed by atoms with Crippen LogP contribution >= 0.6 is 0 Å². The number of para-hydroxylation sites is 1. The maximum Gasteiger partial charge on any atom is 0.336 e. The van der Waals surface area contributed by atoms with Crippen molar-refractivity contribution < 1.29 is 28.1 Å². The first-order valence-corrected chi connectivity index (χ1v) is 13.4. The molecule has 0 saturated carbocycles. The van der Waals surface area contributed by atoms with Gasteiger partial charge in [-0.1, -0.05) is 30.3 Å². The number of aliphatic carboxylic acids is 1. The third kappa shape index (κ3) is 6.19. The highest BCUT2D eigenvalue weighted by atomic mass is 32.2. The Hall–Kier alpha value is -4.40. The van der Waals surface area contributed by atoms with E-state index in [1.54, 1.807) is 41.2 Å². The van der Waals surface area contributed by atoms with E-state index in [1.165, 1.54) is 24.3 Å². The number of aromatic nitrogens is 3. The minimum atomic E-state index is -4.30. The molecular formula is C25H28N7O6S+. The van der Waals surface area contributed by atoms with E-state index in [0.717, 1.165) is 22.5 Å². The van der Waals surface area contributed by atoms with Crippen molar-refractivity contribution in [2.75, 3.05) is 32.1 Å². The first-order valence-electron chi connectivity index (χ1n) is 11.9. The Morgan fingerprint density at radius 3 is 2.74 bits per heavy atom. The molecule has 13 nitrogen and oxygen atoms in total. The van der Waals surface area contributed by atoms with Crippen molar-refractivity contribution in [3.63, 3.8) is 0 Å². The quantitative estimate of drug-likeness (QED) is 0.208. The minimum absolute atomic E-state index is 0.0950. The molecule has 0 amide bonds. The van der Waals surface area contributed by atoms with Crippen LogP contribution in [0.3, 0.4) is 0 Å². The summed E-state index contributed by atoms with van der Waals surface area (Å²) in [6.07, 6.45) is 3.01. The van der Waals surface area contributed by atoms with Crippen LogP contribution in [-0.2, 0) is 26.2 Å². The SMILES string of the molecule is CO[N+](=O)c1ccccc1S(=O)(=O)N(CCC(=O)O)Cc1cccc(-c2cnn3ccc(NCCN)nc23)c1. The number of nitrogens with one attached hydrogen (secondary N) is 1. The van der Waals surface area contributed by atoms with E-state index in [4.69, 9.17) is 5.73 Å². The first-order chi connectivity index (χ1) is 18.7. The Labute approximate surface area is 224 Å². The summed E-state index contributed by atoms with van der Waals surface area (Å²) in [5, 5.41) is 16.7. The second kappa shape index (κ2) is 12.0. The van der Waals surface area contributed by atoms with Gasteiger partial charge < -0.3 is 16.2 Å². The van der Waals surface area contributed by atoms with Gasteiger partial charge in [0.05, 0.1) is 17.5 Å². The molecule has 0 spiro atoms. The normalized spacial score (nSPS) is 11.6. The summed E-state index contributed by atoms with van der Waals surface area (Å²) in [5.74, 6) is -0.519. The van der Waals surface area contributed by atoms with Gasteiger partial charge in [-0.2, -0.15) is 9.40 Å². The summed E-state index contributed by atoms with van der Waals surface area (Å²) in [4.78, 5) is 32.6. The molecule has 4 rings (SSSR count). The summed E-state index contributed by atoms with van der Waals surface area (Å²) >= 11 is 0. The number of carbonyl (C=O) groups is 1. The number of rotatable bonds is 13. The number of fused-ring (bicyclic) bond motifs is 1. The third-order valence-corrected chi connectivity index (χ3v) is 7.73. The van der Waals surface area contributed by atoms with Gasteiger partial charge in [-0.05, 0) is 29.3 Å². The highest BCUT2D eigenvalue weighted by Crippen LogP contribution is 2.29. The van der Waals surface area contributed by atoms with E-state index in [9.17, 15) is 23.2 Å². The number of anilines is 1. The lowest BCUT2D eigenvalue weighted by molar-refractivity contribution is -0.738. The lowest BCUT2D eigenvalue weighted by atomic mass is 10.1. The van der Waals surface area contributed by atoms with Crippen LogP contribution in [0.1, 0.15) is 12.0 Å². The third-order valence-electron chi connectivity index (χ3n) is 5.84. The Balaban J connectivity index is 1.70. The Morgan fingerprint density at radius 2 is 2.00 bits per heavy atom. The molecule has 0 radical (unpaired) electrons. The van der Waals surface area contributed by atoms with E-state index in [2.05, 4.69) is 20.2 Å². The molecule has 2 heterocycles. The summed E-state index contributed by atoms with van der Waals surface area (Å²) in [6, 6.07) is 14.5. The number of hydrogen-bond acceptors (Lipinski definition) is 9. The zero-order valence-electron chi connectivity index (χ0n) is 21.1. The van der Waals surface area contributed by atoms with Crippen LogP contribution in [0.15, 0.2) is 71.9 Å². The fraction of sp³-hybridized carbons (Fsp3) is 0.240. The van der Waals surface area contributed by atoms with Gasteiger partial charge in [-0.25, -0.2) is 22.8 Å². The smallest absolute Gasteiger partial charge is 0.336 e. The fourth-order valence-electron chi connectivity index (χ4n) is 3.98. The van der Waals surface area contributed by atoms with Gasteiger partial charge in [0.2, 0.25) is 10.0 Å². The molecule has 2 aromatic heterocycles. The van der Waals surface area contributed by atoms with Crippen molar-refractivity contribution >= 4 is 33.1 Å². The van der Waals surface area contributed by atoms with E-state index >= 15 is 0 Å². The Kier molecular flexibility index (Phi) is 8.49. The largest absolute Gasteiger partial charge is 0.481 e. The highest BCUT2D eigenvalue weighted by Gasteiger charge is 2.34. The van der Waals surface area contributed by atoms with Gasteiger partial charge in [0.15, 0.2) is 17.7 Å². The standard InChI is InChI=1S/C25H27N7O6S/c1-38-32(35)21-7-2-3-8-22(21)39(36,37)30(13-10-24(33)34)17-18-5-4-6-19(15-18)20-16-28-31-14-9-23(27-12-11-26)29-25(20)31/h2-9,14-16H,10-13,17,26H2,1H3,(H-,27,28,29,33,34)/p+1. The van der Waals surface area contributed by atoms with Gasteiger partial charge in [0.25, 0.3) is 4.92 Å². The van der Waals surface area contributed by atoms with Gasteiger partial charge in [0.1, 0.15) is 5.82 Å². The van der Waals surface area contributed by atoms with Gasteiger partial charge in [-0.15, -0.1) is 0 Å². The zero-order valence-corrected chi connectivity index (χ0v) is 21.9. The maximum absolute atomic E-state index is 13.7. The number of hydrogen-bond donors (Lipinski definition) is 3. The number of benzene rings is 2. The lowest BCUT2D eigenvalue weighted by Gasteiger charge is -2.21. The van der Waals surface area contributed by atoms with Gasteiger partial charge in [0, 0.05) is 44.0 Å². The number of nitrogens with zero attached hydrogens (tertiary/aromatic N) is 5. The summed E-state index contributed by atoms with van der Waals surface area (Å²) in [5.41, 5.74) is 8.01. The number of sulfonamides is 1. The molecule has 39 heavy (non-hydrogen) atoms. The number of carboxylic acid groups (broad SMARTS) is 1. The molecule has 0 aliphatic carbocycles. The van der Waals surface area contributed by atoms with Crippen LogP contribution in [0, 0.1) is 4.91 Å². The van der Waals surface area contributed by atoms with Crippen molar-refractivity contribution in [2.45, 2.75) is 17.9 Å². The summed E-state index contributed by atoms with van der Waals surface area (Å²) < 4.78 is 30.0. The molecule has 0 bridgehead atoms. The van der Waals surface area contributed by atoms with Crippen LogP contribution in [0.2, 0.25) is 0 Å². The summed E-state index contributed by atoms with van der Waals surface area (Å²) in [7, 11) is -3.17. The highest BCUT2D eigenvalue weighted by molar-refractivity contribution is 7.89. The molecule has 204 valence electrons. The minimum Gasteiger partial charge on any atom is -0.481 e. The monoisotopic (exact) mass is 554 g/mol. The van der Waals surface area contributed by atoms with Crippen LogP contribution in [0.5, 0.6) is 0 Å². The predicted molar refractivity (Wildman–Crippen MR) is 143 cm³/mol. The second-order valence-electron chi connectivity index (χ2n) is 8.44. The number of nitrogens with two attached hydrogens (primary N) is 1. The molecule has 0 unspecified atom stereocenters. The molecule has 0 aliphatic heterocycles. The molecule has 4 aromatic rings. The van der Waals surface area contributed by atoms with Crippen molar-refractivity contribution in [2.24, 2.45) is 5.73 Å². The van der Waals surface area contributed by atoms with Gasteiger partial charge >= 0.3 is 11.7 Å². The van der Waals surface area contributed by atoms with Gasteiger partial charge in [-0.3, -0.25) is 4.79 Å². The fourth-order valence-corrected chi connectivity index (χ4v) is 5.57. The van der Waals surface area contributed by atoms with E-state index in [-0.39, 0.29) is 28.6 Å². The first kappa shape index (κ1) is 27.6. The second-order valence-corrected chi connectivity index (χ2v) is 10.4. The van der Waals surface area contributed by atoms with E-state index in [0.29, 0.717) is 30.1 Å². The number of carboxylic acids is 1. The molecule has 0 atom stereocenters. The van der Waals surface area contributed by atoms with Crippen molar-refractivity contribution in [3.05, 3.63) is 77.5 Å². The van der Waals surface area contributed by atoms with Crippen LogP contribution in [-0.4, -0.2) is 70.1 Å². The predicted octanol–water partition coefficient (Wildman–Crippen LogP) is 2.40. The van der Waals surface area contributed by atoms with E-state index in [1.807, 2.05) is 6.07 Å². The Bertz CT molecular complexity index is 1610. The molecular weight excluding hydrogens is 526 g/mol. The van der Waals surface area contributed by atoms with Crippen LogP contribution in [0.4, 0.5) is 11.5 Å². The van der Waals surface area contributed by atoms with Crippen LogP contribution in [0.25, 0.3) is 16.8 Å². The van der Waals surface area contributed by atoms with Crippen molar-refractivity contribution in [3.8, 4) is 11.1 Å². The molecule has 0 aliphatic rings. The molecule has 2 aromatic carbocycles. The molecule has 0 saturated heterocycles. The van der Waals surface area contributed by atoms with Crippen molar-refractivity contribution in [1.82, 2.24) is 18.9 Å². The maximum atomic E-state index is 13.7. The van der Waals surface area contributed by atoms with E-state index < -0.39 is 22.4 Å². The van der Waals surface area contributed by atoms with Crippen molar-refractivity contribution in [1.29, 1.82) is 0 Å².